The Bertz CT molecular complexity index is 334. The molecule has 1 aliphatic rings. The number of rotatable bonds is 2. The maximum absolute atomic E-state index is 13.2. The minimum Gasteiger partial charge on any atom is -0.330 e. The lowest BCUT2D eigenvalue weighted by molar-refractivity contribution is 0.610. The summed E-state index contributed by atoms with van der Waals surface area (Å²) in [5, 5.41) is 0. The van der Waals surface area contributed by atoms with E-state index in [-0.39, 0.29) is 11.2 Å². The second-order valence-corrected chi connectivity index (χ2v) is 4.47. The molecule has 1 aromatic carbocycles. The first kappa shape index (κ1) is 9.16. The third-order valence-corrected chi connectivity index (χ3v) is 3.42. The Hall–Kier alpha value is -0.410. The molecule has 70 valence electrons. The molecule has 0 saturated heterocycles. The molecule has 0 amide bonds. The van der Waals surface area contributed by atoms with Gasteiger partial charge in [0.25, 0.3) is 0 Å². The van der Waals surface area contributed by atoms with E-state index in [1.54, 1.807) is 12.1 Å². The van der Waals surface area contributed by atoms with Gasteiger partial charge in [0, 0.05) is 12.0 Å². The van der Waals surface area contributed by atoms with Crippen LogP contribution in [0.5, 0.6) is 0 Å². The second-order valence-electron chi connectivity index (χ2n) is 3.61. The first-order valence-corrected chi connectivity index (χ1v) is 5.13. The minimum absolute atomic E-state index is 0.0849. The summed E-state index contributed by atoms with van der Waals surface area (Å²) in [6.45, 7) is 0.619. The monoisotopic (exact) mass is 243 g/mol. The van der Waals surface area contributed by atoms with Crippen molar-refractivity contribution in [2.24, 2.45) is 5.73 Å². The average molecular weight is 244 g/mol. The molecule has 0 spiro atoms. The van der Waals surface area contributed by atoms with E-state index in [2.05, 4.69) is 15.9 Å². The van der Waals surface area contributed by atoms with Gasteiger partial charge >= 0.3 is 0 Å². The molecule has 0 atom stereocenters. The Morgan fingerprint density at radius 2 is 2.15 bits per heavy atom. The maximum atomic E-state index is 13.2. The van der Waals surface area contributed by atoms with Crippen LogP contribution in [-0.4, -0.2) is 6.54 Å². The van der Waals surface area contributed by atoms with Gasteiger partial charge in [-0.2, -0.15) is 0 Å². The summed E-state index contributed by atoms with van der Waals surface area (Å²) in [5.41, 5.74) is 6.78. The summed E-state index contributed by atoms with van der Waals surface area (Å²) in [4.78, 5) is 0. The zero-order valence-electron chi connectivity index (χ0n) is 7.19. The first-order chi connectivity index (χ1) is 6.18. The molecule has 13 heavy (non-hydrogen) atoms. The van der Waals surface area contributed by atoms with Crippen molar-refractivity contribution in [2.45, 2.75) is 18.3 Å². The third kappa shape index (κ3) is 1.51. The average Bonchev–Trinajstić information content (AvgIpc) is 2.90. The number of benzene rings is 1. The highest BCUT2D eigenvalue weighted by atomic mass is 79.9. The Kier molecular flexibility index (Phi) is 2.16. The lowest BCUT2D eigenvalue weighted by atomic mass is 9.96. The van der Waals surface area contributed by atoms with E-state index < -0.39 is 0 Å². The fourth-order valence-corrected chi connectivity index (χ4v) is 1.83. The lowest BCUT2D eigenvalue weighted by Crippen LogP contribution is -2.19. The largest absolute Gasteiger partial charge is 0.330 e. The second kappa shape index (κ2) is 3.07. The quantitative estimate of drug-likeness (QED) is 0.850. The minimum atomic E-state index is -0.197. The highest BCUT2D eigenvalue weighted by Gasteiger charge is 2.42. The predicted octanol–water partition coefficient (Wildman–Crippen LogP) is 2.58. The molecule has 1 aliphatic carbocycles. The Labute approximate surface area is 85.3 Å². The van der Waals surface area contributed by atoms with Gasteiger partial charge in [0.2, 0.25) is 0 Å². The zero-order valence-corrected chi connectivity index (χ0v) is 8.77. The van der Waals surface area contributed by atoms with Crippen LogP contribution in [0.2, 0.25) is 0 Å². The van der Waals surface area contributed by atoms with Gasteiger partial charge in [-0.1, -0.05) is 6.07 Å². The van der Waals surface area contributed by atoms with Gasteiger partial charge in [-0.05, 0) is 46.5 Å². The molecule has 3 heteroatoms. The smallest absolute Gasteiger partial charge is 0.137 e. The van der Waals surface area contributed by atoms with Crippen LogP contribution in [-0.2, 0) is 5.41 Å². The maximum Gasteiger partial charge on any atom is 0.137 e. The van der Waals surface area contributed by atoms with Gasteiger partial charge in [0.1, 0.15) is 5.82 Å². The van der Waals surface area contributed by atoms with Crippen molar-refractivity contribution in [1.82, 2.24) is 0 Å². The molecule has 1 saturated carbocycles. The van der Waals surface area contributed by atoms with Crippen LogP contribution >= 0.6 is 15.9 Å². The Morgan fingerprint density at radius 1 is 1.46 bits per heavy atom. The van der Waals surface area contributed by atoms with Gasteiger partial charge < -0.3 is 5.73 Å². The van der Waals surface area contributed by atoms with Crippen molar-refractivity contribution in [2.75, 3.05) is 6.54 Å². The number of halogens is 2. The molecule has 0 aromatic heterocycles. The summed E-state index contributed by atoms with van der Waals surface area (Å²) in [6, 6.07) is 5.29. The molecule has 0 aliphatic heterocycles. The van der Waals surface area contributed by atoms with E-state index in [0.717, 1.165) is 18.4 Å². The summed E-state index contributed by atoms with van der Waals surface area (Å²) in [5.74, 6) is -0.197. The fraction of sp³-hybridized carbons (Fsp3) is 0.400. The molecule has 0 unspecified atom stereocenters. The lowest BCUT2D eigenvalue weighted by Gasteiger charge is -2.12. The van der Waals surface area contributed by atoms with Crippen LogP contribution in [0.15, 0.2) is 22.7 Å². The third-order valence-electron chi connectivity index (χ3n) is 2.78. The molecule has 1 fully saturated rings. The standard InChI is InChI=1S/C10H11BrFN/c11-8-2-1-7(5-9(8)12)10(6-13)3-4-10/h1-2,5H,3-4,6,13H2. The van der Waals surface area contributed by atoms with Crippen molar-refractivity contribution in [3.63, 3.8) is 0 Å². The molecule has 0 bridgehead atoms. The van der Waals surface area contributed by atoms with Crippen LogP contribution in [0.4, 0.5) is 4.39 Å². The molecule has 2 rings (SSSR count). The van der Waals surface area contributed by atoms with E-state index in [0.29, 0.717) is 11.0 Å². The fourth-order valence-electron chi connectivity index (χ4n) is 1.59. The van der Waals surface area contributed by atoms with E-state index in [4.69, 9.17) is 5.73 Å². The van der Waals surface area contributed by atoms with Gasteiger partial charge in [-0.3, -0.25) is 0 Å². The van der Waals surface area contributed by atoms with Crippen LogP contribution < -0.4 is 5.73 Å². The van der Waals surface area contributed by atoms with Gasteiger partial charge in [-0.25, -0.2) is 4.39 Å². The molecule has 1 nitrogen and oxygen atoms in total. The first-order valence-electron chi connectivity index (χ1n) is 4.33. The van der Waals surface area contributed by atoms with E-state index in [9.17, 15) is 4.39 Å². The molecular formula is C10H11BrFN. The van der Waals surface area contributed by atoms with Crippen molar-refractivity contribution in [1.29, 1.82) is 0 Å². The topological polar surface area (TPSA) is 26.0 Å². The summed E-state index contributed by atoms with van der Waals surface area (Å²) < 4.78 is 13.7. The Morgan fingerprint density at radius 3 is 2.62 bits per heavy atom. The molecular weight excluding hydrogens is 233 g/mol. The molecule has 0 heterocycles. The predicted molar refractivity (Wildman–Crippen MR) is 54.1 cm³/mol. The van der Waals surface area contributed by atoms with Crippen LogP contribution in [0, 0.1) is 5.82 Å². The summed E-state index contributed by atoms with van der Waals surface area (Å²) in [6.07, 6.45) is 2.18. The highest BCUT2D eigenvalue weighted by molar-refractivity contribution is 9.10. The van der Waals surface area contributed by atoms with Gasteiger partial charge in [-0.15, -0.1) is 0 Å². The Balaban J connectivity index is 2.37. The summed E-state index contributed by atoms with van der Waals surface area (Å²) >= 11 is 3.13. The molecule has 1 aromatic rings. The van der Waals surface area contributed by atoms with Gasteiger partial charge in [0.15, 0.2) is 0 Å². The van der Waals surface area contributed by atoms with Crippen LogP contribution in [0.3, 0.4) is 0 Å². The van der Waals surface area contributed by atoms with Crippen molar-refractivity contribution < 1.29 is 4.39 Å². The molecule has 2 N–H and O–H groups in total. The van der Waals surface area contributed by atoms with E-state index in [1.165, 1.54) is 0 Å². The summed E-state index contributed by atoms with van der Waals surface area (Å²) in [7, 11) is 0. The molecule has 0 radical (unpaired) electrons. The van der Waals surface area contributed by atoms with E-state index >= 15 is 0 Å². The van der Waals surface area contributed by atoms with Crippen molar-refractivity contribution in [3.05, 3.63) is 34.1 Å². The number of nitrogens with two attached hydrogens (primary N) is 1. The van der Waals surface area contributed by atoms with Crippen molar-refractivity contribution in [3.8, 4) is 0 Å². The SMILES string of the molecule is NCC1(c2ccc(Br)c(F)c2)CC1. The number of hydrogen-bond donors (Lipinski definition) is 1. The normalized spacial score (nSPS) is 18.7. The van der Waals surface area contributed by atoms with E-state index in [1.807, 2.05) is 6.07 Å². The van der Waals surface area contributed by atoms with Crippen LogP contribution in [0.25, 0.3) is 0 Å². The zero-order chi connectivity index (χ0) is 9.47. The van der Waals surface area contributed by atoms with Crippen molar-refractivity contribution >= 4 is 15.9 Å². The highest BCUT2D eigenvalue weighted by Crippen LogP contribution is 2.47. The van der Waals surface area contributed by atoms with Crippen LogP contribution in [0.1, 0.15) is 18.4 Å². The number of hydrogen-bond acceptors (Lipinski definition) is 1. The van der Waals surface area contributed by atoms with Gasteiger partial charge in [0.05, 0.1) is 4.47 Å².